The summed E-state index contributed by atoms with van der Waals surface area (Å²) < 4.78 is 4.89. The normalized spacial score (nSPS) is 19.0. The Morgan fingerprint density at radius 2 is 2.31 bits per heavy atom. The molecule has 6 heteroatoms. The molecule has 5 nitrogen and oxygen atoms in total. The summed E-state index contributed by atoms with van der Waals surface area (Å²) in [4.78, 5) is 19.1. The Morgan fingerprint density at radius 3 is 2.94 bits per heavy atom. The van der Waals surface area contributed by atoms with Crippen LogP contribution in [0.2, 0.25) is 5.15 Å². The summed E-state index contributed by atoms with van der Waals surface area (Å²) in [7, 11) is 1.43. The van der Waals surface area contributed by atoms with E-state index in [0.717, 1.165) is 18.4 Å². The number of ether oxygens (including phenoxy) is 1. The predicted molar refractivity (Wildman–Crippen MR) is 56.9 cm³/mol. The molecule has 1 atom stereocenters. The van der Waals surface area contributed by atoms with E-state index in [4.69, 9.17) is 21.4 Å². The van der Waals surface area contributed by atoms with Crippen LogP contribution in [0.4, 0.5) is 0 Å². The summed E-state index contributed by atoms with van der Waals surface area (Å²) in [5, 5.41) is 9.39. The molecule has 0 fully saturated rings. The van der Waals surface area contributed by atoms with Crippen molar-refractivity contribution in [2.24, 2.45) is 0 Å². The van der Waals surface area contributed by atoms with Crippen LogP contribution >= 0.6 is 11.6 Å². The molecule has 0 bridgehead atoms. The number of hydrogen-bond acceptors (Lipinski definition) is 4. The maximum atomic E-state index is 11.1. The lowest BCUT2D eigenvalue weighted by Gasteiger charge is -2.21. The molecular formula is C10H11ClN2O3. The fraction of sp³-hybridized carbons (Fsp3) is 0.500. The second-order valence-corrected chi connectivity index (χ2v) is 4.01. The minimum Gasteiger partial charge on any atom is -0.481 e. The largest absolute Gasteiger partial charge is 0.481 e. The molecule has 1 unspecified atom stereocenters. The molecular weight excluding hydrogens is 232 g/mol. The Bertz CT molecular complexity index is 436. The van der Waals surface area contributed by atoms with Gasteiger partial charge in [0.1, 0.15) is 5.15 Å². The third kappa shape index (κ3) is 1.82. The smallest absolute Gasteiger partial charge is 0.317 e. The average molecular weight is 243 g/mol. The van der Waals surface area contributed by atoms with Crippen LogP contribution in [-0.2, 0) is 11.2 Å². The number of methoxy groups -OCH3 is 1. The van der Waals surface area contributed by atoms with Crippen LogP contribution < -0.4 is 4.74 Å². The van der Waals surface area contributed by atoms with Crippen molar-refractivity contribution in [3.8, 4) is 6.01 Å². The minimum absolute atomic E-state index is 0.122. The number of nitrogens with zero attached hydrogens (tertiary/aromatic N) is 2. The second-order valence-electron chi connectivity index (χ2n) is 3.65. The summed E-state index contributed by atoms with van der Waals surface area (Å²) in [6, 6.07) is 0.122. The third-order valence-corrected chi connectivity index (χ3v) is 3.01. The van der Waals surface area contributed by atoms with E-state index in [1.807, 2.05) is 0 Å². The van der Waals surface area contributed by atoms with E-state index in [1.165, 1.54) is 7.11 Å². The molecule has 1 heterocycles. The zero-order valence-electron chi connectivity index (χ0n) is 8.73. The van der Waals surface area contributed by atoms with Gasteiger partial charge >= 0.3 is 12.0 Å². The molecule has 0 radical (unpaired) electrons. The Balaban J connectivity index is 2.53. The van der Waals surface area contributed by atoms with E-state index in [9.17, 15) is 4.79 Å². The number of aliphatic carboxylic acids is 1. The lowest BCUT2D eigenvalue weighted by Crippen LogP contribution is -2.20. The third-order valence-electron chi connectivity index (χ3n) is 2.70. The molecule has 0 amide bonds. The van der Waals surface area contributed by atoms with Gasteiger partial charge in [-0.05, 0) is 19.3 Å². The molecule has 1 aromatic heterocycles. The van der Waals surface area contributed by atoms with E-state index < -0.39 is 11.9 Å². The summed E-state index contributed by atoms with van der Waals surface area (Å²) in [5.41, 5.74) is 1.23. The van der Waals surface area contributed by atoms with Crippen molar-refractivity contribution in [2.75, 3.05) is 7.11 Å². The fourth-order valence-electron chi connectivity index (χ4n) is 1.92. The monoisotopic (exact) mass is 242 g/mol. The van der Waals surface area contributed by atoms with Crippen molar-refractivity contribution in [1.82, 2.24) is 9.97 Å². The summed E-state index contributed by atoms with van der Waals surface area (Å²) in [5.74, 6) is -1.48. The molecule has 0 aliphatic heterocycles. The Hall–Kier alpha value is -1.36. The quantitative estimate of drug-likeness (QED) is 0.799. The first-order valence-electron chi connectivity index (χ1n) is 4.96. The number of rotatable bonds is 2. The van der Waals surface area contributed by atoms with Crippen LogP contribution in [0, 0.1) is 0 Å². The maximum absolute atomic E-state index is 11.1. The number of carbonyl (C=O) groups is 1. The standard InChI is InChI=1S/C10H11ClN2O3/c1-16-10-12-7-5(8(11)13-10)3-2-4-6(7)9(14)15/h6H,2-4H2,1H3,(H,14,15). The zero-order valence-corrected chi connectivity index (χ0v) is 9.49. The molecule has 86 valence electrons. The van der Waals surface area contributed by atoms with Gasteiger partial charge in [0, 0.05) is 5.56 Å². The van der Waals surface area contributed by atoms with Crippen molar-refractivity contribution in [1.29, 1.82) is 0 Å². The van der Waals surface area contributed by atoms with Crippen molar-refractivity contribution in [3.05, 3.63) is 16.4 Å². The van der Waals surface area contributed by atoms with Crippen LogP contribution in [0.5, 0.6) is 6.01 Å². The van der Waals surface area contributed by atoms with Gasteiger partial charge in [-0.1, -0.05) is 11.6 Å². The maximum Gasteiger partial charge on any atom is 0.317 e. The van der Waals surface area contributed by atoms with Gasteiger partial charge in [0.05, 0.1) is 18.7 Å². The van der Waals surface area contributed by atoms with Crippen LogP contribution in [0.15, 0.2) is 0 Å². The van der Waals surface area contributed by atoms with Crippen LogP contribution in [0.3, 0.4) is 0 Å². The Kier molecular flexibility index (Phi) is 2.96. The Morgan fingerprint density at radius 1 is 1.56 bits per heavy atom. The molecule has 2 rings (SSSR count). The summed E-state index contributed by atoms with van der Waals surface area (Å²) >= 11 is 5.97. The van der Waals surface area contributed by atoms with Gasteiger partial charge in [0.2, 0.25) is 0 Å². The molecule has 16 heavy (non-hydrogen) atoms. The number of halogens is 1. The van der Waals surface area contributed by atoms with Gasteiger partial charge < -0.3 is 9.84 Å². The van der Waals surface area contributed by atoms with Gasteiger partial charge in [0.25, 0.3) is 0 Å². The van der Waals surface area contributed by atoms with Crippen LogP contribution in [0.25, 0.3) is 0 Å². The van der Waals surface area contributed by atoms with Gasteiger partial charge in [-0.25, -0.2) is 0 Å². The molecule has 0 saturated carbocycles. The highest BCUT2D eigenvalue weighted by Crippen LogP contribution is 2.34. The number of fused-ring (bicyclic) bond motifs is 1. The van der Waals surface area contributed by atoms with E-state index in [0.29, 0.717) is 17.3 Å². The average Bonchev–Trinajstić information content (AvgIpc) is 2.28. The lowest BCUT2D eigenvalue weighted by atomic mass is 9.87. The SMILES string of the molecule is COc1nc(Cl)c2c(n1)C(C(=O)O)CCC2. The van der Waals surface area contributed by atoms with Gasteiger partial charge in [0.15, 0.2) is 0 Å². The molecule has 1 aliphatic rings. The van der Waals surface area contributed by atoms with E-state index in [1.54, 1.807) is 0 Å². The topological polar surface area (TPSA) is 72.3 Å². The van der Waals surface area contributed by atoms with Crippen molar-refractivity contribution in [2.45, 2.75) is 25.2 Å². The molecule has 1 aromatic rings. The van der Waals surface area contributed by atoms with Gasteiger partial charge in [-0.15, -0.1) is 0 Å². The molecule has 0 spiro atoms. The highest BCUT2D eigenvalue weighted by molar-refractivity contribution is 6.30. The highest BCUT2D eigenvalue weighted by atomic mass is 35.5. The first-order chi connectivity index (χ1) is 7.63. The predicted octanol–water partition coefficient (Wildman–Crippen LogP) is 1.64. The number of carboxylic acid groups (broad SMARTS) is 1. The van der Waals surface area contributed by atoms with Gasteiger partial charge in [-0.3, -0.25) is 4.79 Å². The molecule has 1 aliphatic carbocycles. The summed E-state index contributed by atoms with van der Waals surface area (Å²) in [6.45, 7) is 0. The van der Waals surface area contributed by atoms with Crippen molar-refractivity contribution < 1.29 is 14.6 Å². The van der Waals surface area contributed by atoms with Crippen molar-refractivity contribution >= 4 is 17.6 Å². The first kappa shape index (κ1) is 11.1. The van der Waals surface area contributed by atoms with E-state index in [-0.39, 0.29) is 6.01 Å². The fourth-order valence-corrected chi connectivity index (χ4v) is 2.19. The molecule has 1 N–H and O–H groups in total. The number of aromatic nitrogens is 2. The van der Waals surface area contributed by atoms with Crippen molar-refractivity contribution in [3.63, 3.8) is 0 Å². The molecule has 0 saturated heterocycles. The van der Waals surface area contributed by atoms with E-state index >= 15 is 0 Å². The summed E-state index contributed by atoms with van der Waals surface area (Å²) in [6.07, 6.45) is 2.10. The lowest BCUT2D eigenvalue weighted by molar-refractivity contribution is -0.139. The van der Waals surface area contributed by atoms with Gasteiger partial charge in [-0.2, -0.15) is 9.97 Å². The Labute approximate surface area is 97.4 Å². The van der Waals surface area contributed by atoms with Crippen LogP contribution in [-0.4, -0.2) is 28.2 Å². The minimum atomic E-state index is -0.877. The zero-order chi connectivity index (χ0) is 11.7. The molecule has 0 aromatic carbocycles. The number of carboxylic acids is 1. The van der Waals surface area contributed by atoms with Crippen LogP contribution in [0.1, 0.15) is 30.0 Å². The highest BCUT2D eigenvalue weighted by Gasteiger charge is 2.30. The first-order valence-corrected chi connectivity index (χ1v) is 5.34. The van der Waals surface area contributed by atoms with E-state index in [2.05, 4.69) is 9.97 Å². The second kappa shape index (κ2) is 4.25. The number of hydrogen-bond donors (Lipinski definition) is 1.